The van der Waals surface area contributed by atoms with Crippen LogP contribution in [0.4, 0.5) is 4.79 Å². The number of likely N-dealkylation sites (N-methyl/N-ethyl adjacent to an activating group) is 1. The Hall–Kier alpha value is -1.26. The first kappa shape index (κ1) is 14.8. The van der Waals surface area contributed by atoms with Crippen LogP contribution in [0.5, 0.6) is 0 Å². The summed E-state index contributed by atoms with van der Waals surface area (Å²) in [6.45, 7) is 6.87. The molecule has 0 aromatic rings. The van der Waals surface area contributed by atoms with Gasteiger partial charge in [0.05, 0.1) is 0 Å². The van der Waals surface area contributed by atoms with Crippen LogP contribution >= 0.6 is 0 Å². The number of amides is 2. The smallest absolute Gasteiger partial charge is 0.329 e. The number of carbonyl (C=O) groups is 2. The van der Waals surface area contributed by atoms with E-state index in [-0.39, 0.29) is 6.03 Å². The van der Waals surface area contributed by atoms with Crippen molar-refractivity contribution in [2.24, 2.45) is 0 Å². The van der Waals surface area contributed by atoms with Gasteiger partial charge in [-0.15, -0.1) is 0 Å². The molecule has 1 saturated heterocycles. The highest BCUT2D eigenvalue weighted by Crippen LogP contribution is 2.19. The predicted molar refractivity (Wildman–Crippen MR) is 69.5 cm³/mol. The first-order valence-electron chi connectivity index (χ1n) is 6.71. The second-order valence-electron chi connectivity index (χ2n) is 5.29. The monoisotopic (exact) mass is 256 g/mol. The molecular formula is C13H24N2O3. The molecule has 0 aromatic heterocycles. The van der Waals surface area contributed by atoms with Gasteiger partial charge in [0.1, 0.15) is 5.54 Å². The second kappa shape index (κ2) is 6.07. The molecule has 0 atom stereocenters. The number of likely N-dealkylation sites (tertiary alicyclic amines) is 1. The van der Waals surface area contributed by atoms with Gasteiger partial charge in [-0.1, -0.05) is 12.8 Å². The van der Waals surface area contributed by atoms with Gasteiger partial charge in [0.25, 0.3) is 0 Å². The molecule has 0 aliphatic carbocycles. The lowest BCUT2D eigenvalue weighted by atomic mass is 10.0. The SMILES string of the molecule is CCN(C(=O)N1CCCCCC1)C(C)(C)C(=O)O. The van der Waals surface area contributed by atoms with E-state index >= 15 is 0 Å². The Morgan fingerprint density at radius 3 is 2.06 bits per heavy atom. The van der Waals surface area contributed by atoms with Gasteiger partial charge < -0.3 is 14.9 Å². The van der Waals surface area contributed by atoms with E-state index in [2.05, 4.69) is 0 Å². The number of carboxylic acid groups (broad SMARTS) is 1. The summed E-state index contributed by atoms with van der Waals surface area (Å²) < 4.78 is 0. The predicted octanol–water partition coefficient (Wildman–Crippen LogP) is 2.17. The minimum absolute atomic E-state index is 0.146. The van der Waals surface area contributed by atoms with Crippen molar-refractivity contribution in [2.75, 3.05) is 19.6 Å². The second-order valence-corrected chi connectivity index (χ2v) is 5.29. The Morgan fingerprint density at radius 1 is 1.17 bits per heavy atom. The highest BCUT2D eigenvalue weighted by molar-refractivity contribution is 5.85. The maximum atomic E-state index is 12.4. The summed E-state index contributed by atoms with van der Waals surface area (Å²) in [6, 6.07) is -0.146. The number of carbonyl (C=O) groups excluding carboxylic acids is 1. The highest BCUT2D eigenvalue weighted by atomic mass is 16.4. The zero-order chi connectivity index (χ0) is 13.8. The molecule has 104 valence electrons. The average Bonchev–Trinajstić information content (AvgIpc) is 2.57. The standard InChI is InChI=1S/C13H24N2O3/c1-4-15(13(2,3)11(16)17)12(18)14-9-7-5-6-8-10-14/h4-10H2,1-3H3,(H,16,17). The van der Waals surface area contributed by atoms with Gasteiger partial charge in [0, 0.05) is 19.6 Å². The van der Waals surface area contributed by atoms with Crippen molar-refractivity contribution in [1.82, 2.24) is 9.80 Å². The van der Waals surface area contributed by atoms with E-state index in [1.807, 2.05) is 6.92 Å². The van der Waals surface area contributed by atoms with Crippen LogP contribution in [0, 0.1) is 0 Å². The third-order valence-electron chi connectivity index (χ3n) is 3.62. The van der Waals surface area contributed by atoms with Crippen molar-refractivity contribution < 1.29 is 14.7 Å². The fourth-order valence-corrected chi connectivity index (χ4v) is 2.32. The van der Waals surface area contributed by atoms with Gasteiger partial charge in [0.15, 0.2) is 0 Å². The molecule has 2 amide bonds. The molecule has 18 heavy (non-hydrogen) atoms. The van der Waals surface area contributed by atoms with Crippen LogP contribution in [0.1, 0.15) is 46.5 Å². The molecule has 5 nitrogen and oxygen atoms in total. The minimum atomic E-state index is -1.15. The Kier molecular flexibility index (Phi) is 4.99. The first-order valence-corrected chi connectivity index (χ1v) is 6.71. The number of rotatable bonds is 3. The van der Waals surface area contributed by atoms with Crippen LogP contribution in [0.3, 0.4) is 0 Å². The molecule has 0 bridgehead atoms. The van der Waals surface area contributed by atoms with Crippen LogP contribution in [0.25, 0.3) is 0 Å². The van der Waals surface area contributed by atoms with Gasteiger partial charge in [0.2, 0.25) is 0 Å². The number of hydrogen-bond donors (Lipinski definition) is 1. The van der Waals surface area contributed by atoms with Gasteiger partial charge in [-0.3, -0.25) is 0 Å². The molecule has 1 aliphatic rings. The molecule has 1 rings (SSSR count). The van der Waals surface area contributed by atoms with E-state index in [0.29, 0.717) is 6.54 Å². The van der Waals surface area contributed by atoms with E-state index in [0.717, 1.165) is 38.8 Å². The van der Waals surface area contributed by atoms with Crippen LogP contribution in [-0.4, -0.2) is 52.1 Å². The molecule has 1 N–H and O–H groups in total. The summed E-state index contributed by atoms with van der Waals surface area (Å²) in [7, 11) is 0. The van der Waals surface area contributed by atoms with Gasteiger partial charge >= 0.3 is 12.0 Å². The third-order valence-corrected chi connectivity index (χ3v) is 3.62. The van der Waals surface area contributed by atoms with Crippen molar-refractivity contribution in [1.29, 1.82) is 0 Å². The van der Waals surface area contributed by atoms with E-state index in [1.165, 1.54) is 4.90 Å². The summed E-state index contributed by atoms with van der Waals surface area (Å²) in [6.07, 6.45) is 4.32. The van der Waals surface area contributed by atoms with Gasteiger partial charge in [-0.25, -0.2) is 9.59 Å². The van der Waals surface area contributed by atoms with Gasteiger partial charge in [-0.2, -0.15) is 0 Å². The van der Waals surface area contributed by atoms with E-state index in [4.69, 9.17) is 0 Å². The van der Waals surface area contributed by atoms with Crippen LogP contribution in [0.15, 0.2) is 0 Å². The molecule has 1 aliphatic heterocycles. The lowest BCUT2D eigenvalue weighted by Crippen LogP contribution is -2.57. The maximum Gasteiger partial charge on any atom is 0.329 e. The molecule has 0 saturated carbocycles. The number of aliphatic carboxylic acids is 1. The fraction of sp³-hybridized carbons (Fsp3) is 0.846. The molecular weight excluding hydrogens is 232 g/mol. The van der Waals surface area contributed by atoms with Crippen molar-refractivity contribution >= 4 is 12.0 Å². The van der Waals surface area contributed by atoms with Crippen LogP contribution < -0.4 is 0 Å². The molecule has 1 heterocycles. The summed E-state index contributed by atoms with van der Waals surface area (Å²) >= 11 is 0. The van der Waals surface area contributed by atoms with E-state index in [9.17, 15) is 14.7 Å². The average molecular weight is 256 g/mol. The van der Waals surface area contributed by atoms with Crippen LogP contribution in [-0.2, 0) is 4.79 Å². The first-order chi connectivity index (χ1) is 8.41. The number of carboxylic acids is 1. The lowest BCUT2D eigenvalue weighted by Gasteiger charge is -2.37. The molecule has 5 heteroatoms. The molecule has 1 fully saturated rings. The highest BCUT2D eigenvalue weighted by Gasteiger charge is 2.38. The summed E-state index contributed by atoms with van der Waals surface area (Å²) in [5, 5.41) is 9.23. The van der Waals surface area contributed by atoms with Crippen LogP contribution in [0.2, 0.25) is 0 Å². The van der Waals surface area contributed by atoms with E-state index < -0.39 is 11.5 Å². The molecule has 0 spiro atoms. The van der Waals surface area contributed by atoms with E-state index in [1.54, 1.807) is 18.7 Å². The summed E-state index contributed by atoms with van der Waals surface area (Å²) in [5.74, 6) is -0.965. The zero-order valence-electron chi connectivity index (χ0n) is 11.6. The molecule has 0 radical (unpaired) electrons. The summed E-state index contributed by atoms with van der Waals surface area (Å²) in [4.78, 5) is 26.9. The fourth-order valence-electron chi connectivity index (χ4n) is 2.32. The number of nitrogens with zero attached hydrogens (tertiary/aromatic N) is 2. The number of hydrogen-bond acceptors (Lipinski definition) is 2. The van der Waals surface area contributed by atoms with Crippen molar-refractivity contribution in [2.45, 2.75) is 52.0 Å². The summed E-state index contributed by atoms with van der Waals surface area (Å²) in [5.41, 5.74) is -1.15. The largest absolute Gasteiger partial charge is 0.480 e. The quantitative estimate of drug-likeness (QED) is 0.841. The molecule has 0 unspecified atom stereocenters. The topological polar surface area (TPSA) is 60.9 Å². The lowest BCUT2D eigenvalue weighted by molar-refractivity contribution is -0.147. The van der Waals surface area contributed by atoms with Crippen molar-refractivity contribution in [3.8, 4) is 0 Å². The van der Waals surface area contributed by atoms with Crippen molar-refractivity contribution in [3.63, 3.8) is 0 Å². The number of urea groups is 1. The Morgan fingerprint density at radius 2 is 1.67 bits per heavy atom. The maximum absolute atomic E-state index is 12.4. The Bertz CT molecular complexity index is 307. The third kappa shape index (κ3) is 3.15. The Labute approximate surface area is 109 Å². The zero-order valence-corrected chi connectivity index (χ0v) is 11.6. The Balaban J connectivity index is 2.81. The minimum Gasteiger partial charge on any atom is -0.480 e. The van der Waals surface area contributed by atoms with Crippen molar-refractivity contribution in [3.05, 3.63) is 0 Å². The molecule has 0 aromatic carbocycles. The normalized spacial score (nSPS) is 17.2. The van der Waals surface area contributed by atoms with Gasteiger partial charge in [-0.05, 0) is 33.6 Å².